The van der Waals surface area contributed by atoms with Crippen molar-refractivity contribution in [1.82, 2.24) is 15.5 Å². The molecule has 21 heavy (non-hydrogen) atoms. The van der Waals surface area contributed by atoms with E-state index >= 15 is 0 Å². The Bertz CT molecular complexity index is 642. The number of furan rings is 1. The van der Waals surface area contributed by atoms with Crippen molar-refractivity contribution in [3.8, 4) is 11.3 Å². The van der Waals surface area contributed by atoms with E-state index in [1.54, 1.807) is 12.5 Å². The summed E-state index contributed by atoms with van der Waals surface area (Å²) >= 11 is 0. The summed E-state index contributed by atoms with van der Waals surface area (Å²) in [5.41, 5.74) is 3.44. The van der Waals surface area contributed by atoms with E-state index in [9.17, 15) is 0 Å². The number of aromatic nitrogens is 2. The van der Waals surface area contributed by atoms with E-state index in [-0.39, 0.29) is 6.04 Å². The van der Waals surface area contributed by atoms with Crippen molar-refractivity contribution in [1.29, 1.82) is 0 Å². The third-order valence-corrected chi connectivity index (χ3v) is 3.61. The van der Waals surface area contributed by atoms with E-state index in [1.165, 1.54) is 5.56 Å². The molecular formula is C17H19N3O. The lowest BCUT2D eigenvalue weighted by atomic mass is 10.1. The highest BCUT2D eigenvalue weighted by atomic mass is 16.3. The molecule has 0 radical (unpaired) electrons. The van der Waals surface area contributed by atoms with Gasteiger partial charge in [0.05, 0.1) is 18.0 Å². The van der Waals surface area contributed by atoms with Gasteiger partial charge in [0.25, 0.3) is 0 Å². The summed E-state index contributed by atoms with van der Waals surface area (Å²) in [6.45, 7) is 2.98. The molecule has 0 saturated heterocycles. The number of nitrogens with zero attached hydrogens (tertiary/aromatic N) is 1. The quantitative estimate of drug-likeness (QED) is 0.720. The Balaban J connectivity index is 1.63. The van der Waals surface area contributed by atoms with E-state index in [4.69, 9.17) is 4.42 Å². The molecule has 108 valence electrons. The summed E-state index contributed by atoms with van der Waals surface area (Å²) in [4.78, 5) is 0. The molecular weight excluding hydrogens is 262 g/mol. The summed E-state index contributed by atoms with van der Waals surface area (Å²) in [5, 5.41) is 10.5. The van der Waals surface area contributed by atoms with Crippen molar-refractivity contribution >= 4 is 0 Å². The Morgan fingerprint density at radius 1 is 1.19 bits per heavy atom. The zero-order chi connectivity index (χ0) is 14.5. The van der Waals surface area contributed by atoms with Crippen LogP contribution < -0.4 is 5.32 Å². The van der Waals surface area contributed by atoms with Crippen LogP contribution in [0.1, 0.15) is 30.7 Å². The first-order valence-corrected chi connectivity index (χ1v) is 7.22. The second-order valence-corrected chi connectivity index (χ2v) is 5.02. The number of hydrogen-bond donors (Lipinski definition) is 2. The first-order valence-electron chi connectivity index (χ1n) is 7.22. The topological polar surface area (TPSA) is 53.9 Å². The molecule has 2 N–H and O–H groups in total. The Hall–Kier alpha value is -2.33. The minimum atomic E-state index is 0.257. The maximum Gasteiger partial charge on any atom is 0.120 e. The highest BCUT2D eigenvalue weighted by Gasteiger charge is 2.11. The molecule has 1 unspecified atom stereocenters. The summed E-state index contributed by atoms with van der Waals surface area (Å²) in [6, 6.07) is 14.7. The zero-order valence-corrected chi connectivity index (χ0v) is 12.0. The molecule has 1 aromatic carbocycles. The van der Waals surface area contributed by atoms with Crippen LogP contribution in [-0.4, -0.2) is 10.2 Å². The normalized spacial score (nSPS) is 12.4. The first-order chi connectivity index (χ1) is 10.4. The van der Waals surface area contributed by atoms with Crippen LogP contribution in [0.5, 0.6) is 0 Å². The minimum absolute atomic E-state index is 0.257. The van der Waals surface area contributed by atoms with Gasteiger partial charge in [-0.25, -0.2) is 0 Å². The number of H-pyrrole nitrogens is 1. The summed E-state index contributed by atoms with van der Waals surface area (Å²) in [7, 11) is 0. The molecule has 3 aromatic rings. The molecule has 0 saturated carbocycles. The van der Waals surface area contributed by atoms with Gasteiger partial charge in [-0.1, -0.05) is 31.2 Å². The van der Waals surface area contributed by atoms with Crippen LogP contribution in [0.25, 0.3) is 11.3 Å². The highest BCUT2D eigenvalue weighted by molar-refractivity contribution is 5.58. The van der Waals surface area contributed by atoms with Gasteiger partial charge in [-0.2, -0.15) is 5.10 Å². The number of rotatable bonds is 6. The van der Waals surface area contributed by atoms with Gasteiger partial charge < -0.3 is 9.73 Å². The van der Waals surface area contributed by atoms with Crippen molar-refractivity contribution < 1.29 is 4.42 Å². The molecule has 2 heterocycles. The fourth-order valence-corrected chi connectivity index (χ4v) is 2.40. The predicted molar refractivity (Wildman–Crippen MR) is 82.6 cm³/mol. The van der Waals surface area contributed by atoms with Crippen molar-refractivity contribution in [3.63, 3.8) is 0 Å². The van der Waals surface area contributed by atoms with E-state index in [1.807, 2.05) is 18.2 Å². The van der Waals surface area contributed by atoms with Crippen LogP contribution in [0.3, 0.4) is 0 Å². The van der Waals surface area contributed by atoms with Crippen molar-refractivity contribution in [3.05, 3.63) is 66.2 Å². The molecule has 4 nitrogen and oxygen atoms in total. The van der Waals surface area contributed by atoms with Gasteiger partial charge in [0.2, 0.25) is 0 Å². The zero-order valence-electron chi connectivity index (χ0n) is 12.0. The summed E-state index contributed by atoms with van der Waals surface area (Å²) in [6.07, 6.45) is 4.48. The Morgan fingerprint density at radius 2 is 2.05 bits per heavy atom. The molecule has 0 aliphatic heterocycles. The number of benzene rings is 1. The van der Waals surface area contributed by atoms with E-state index in [0.29, 0.717) is 0 Å². The van der Waals surface area contributed by atoms with Crippen LogP contribution in [0, 0.1) is 0 Å². The number of nitrogens with one attached hydrogen (secondary N) is 2. The molecule has 4 heteroatoms. The van der Waals surface area contributed by atoms with Gasteiger partial charge in [0.15, 0.2) is 0 Å². The average Bonchev–Trinajstić information content (AvgIpc) is 3.22. The molecule has 3 rings (SSSR count). The Kier molecular flexibility index (Phi) is 4.17. The van der Waals surface area contributed by atoms with Gasteiger partial charge >= 0.3 is 0 Å². The maximum absolute atomic E-state index is 5.47. The molecule has 0 fully saturated rings. The molecule has 1 atom stereocenters. The Morgan fingerprint density at radius 3 is 2.67 bits per heavy atom. The Labute approximate surface area is 124 Å². The highest BCUT2D eigenvalue weighted by Crippen LogP contribution is 2.19. The minimum Gasteiger partial charge on any atom is -0.468 e. The van der Waals surface area contributed by atoms with E-state index < -0.39 is 0 Å². The fraction of sp³-hybridized carbons (Fsp3) is 0.235. The number of hydrogen-bond acceptors (Lipinski definition) is 3. The van der Waals surface area contributed by atoms with E-state index in [2.05, 4.69) is 46.7 Å². The first kappa shape index (κ1) is 13.6. The van der Waals surface area contributed by atoms with Crippen LogP contribution in [0.2, 0.25) is 0 Å². The molecule has 0 spiro atoms. The average molecular weight is 281 g/mol. The van der Waals surface area contributed by atoms with Crippen LogP contribution in [0.15, 0.2) is 59.3 Å². The maximum atomic E-state index is 5.47. The lowest BCUT2D eigenvalue weighted by molar-refractivity contribution is 0.403. The van der Waals surface area contributed by atoms with E-state index in [0.717, 1.165) is 30.0 Å². The second-order valence-electron chi connectivity index (χ2n) is 5.02. The van der Waals surface area contributed by atoms with Gasteiger partial charge in [-0.15, -0.1) is 0 Å². The molecule has 0 bridgehead atoms. The van der Waals surface area contributed by atoms with Gasteiger partial charge in [0, 0.05) is 12.7 Å². The van der Waals surface area contributed by atoms with Crippen molar-refractivity contribution in [2.75, 3.05) is 0 Å². The van der Waals surface area contributed by atoms with Crippen molar-refractivity contribution in [2.24, 2.45) is 0 Å². The molecule has 0 aliphatic carbocycles. The molecule has 0 aliphatic rings. The largest absolute Gasteiger partial charge is 0.468 e. The summed E-state index contributed by atoms with van der Waals surface area (Å²) < 4.78 is 5.47. The van der Waals surface area contributed by atoms with Gasteiger partial charge in [-0.3, -0.25) is 5.10 Å². The molecule has 2 aromatic heterocycles. The number of aromatic amines is 1. The van der Waals surface area contributed by atoms with Crippen LogP contribution in [-0.2, 0) is 6.54 Å². The lowest BCUT2D eigenvalue weighted by Gasteiger charge is -2.14. The standard InChI is InChI=1S/C17H19N3O/c1-2-15(17-4-3-11-21-17)18-12-13-5-7-14(8-6-13)16-9-10-19-20-16/h3-11,15,18H,2,12H2,1H3,(H,19,20). The summed E-state index contributed by atoms with van der Waals surface area (Å²) in [5.74, 6) is 0.992. The SMILES string of the molecule is CCC(NCc1ccc(-c2ccn[nH]2)cc1)c1ccco1. The molecule has 0 amide bonds. The smallest absolute Gasteiger partial charge is 0.120 e. The van der Waals surface area contributed by atoms with Crippen LogP contribution in [0.4, 0.5) is 0 Å². The van der Waals surface area contributed by atoms with Gasteiger partial charge in [0.1, 0.15) is 5.76 Å². The predicted octanol–water partition coefficient (Wildman–Crippen LogP) is 3.91. The monoisotopic (exact) mass is 281 g/mol. The second kappa shape index (κ2) is 6.41. The third kappa shape index (κ3) is 3.23. The lowest BCUT2D eigenvalue weighted by Crippen LogP contribution is -2.19. The van der Waals surface area contributed by atoms with Crippen LogP contribution >= 0.6 is 0 Å². The third-order valence-electron chi connectivity index (χ3n) is 3.61. The van der Waals surface area contributed by atoms with Gasteiger partial charge in [-0.05, 0) is 35.7 Å². The van der Waals surface area contributed by atoms with Crippen molar-refractivity contribution in [2.45, 2.75) is 25.9 Å². The fourth-order valence-electron chi connectivity index (χ4n) is 2.40.